The number of nitrogens with zero attached hydrogens (tertiary/aromatic N) is 2. The quantitative estimate of drug-likeness (QED) is 0.819. The van der Waals surface area contributed by atoms with E-state index in [2.05, 4.69) is 34.9 Å². The van der Waals surface area contributed by atoms with E-state index in [0.717, 1.165) is 34.6 Å². The number of furan rings is 1. The summed E-state index contributed by atoms with van der Waals surface area (Å²) in [6.07, 6.45) is 2.57. The molecule has 0 fully saturated rings. The second kappa shape index (κ2) is 6.20. The molecule has 0 spiro atoms. The first-order valence-electron chi connectivity index (χ1n) is 6.10. The third-order valence-corrected chi connectivity index (χ3v) is 3.67. The van der Waals surface area contributed by atoms with Crippen LogP contribution in [0, 0.1) is 0 Å². The monoisotopic (exact) mass is 312 g/mol. The summed E-state index contributed by atoms with van der Waals surface area (Å²) in [5.74, 6) is 0.837. The summed E-state index contributed by atoms with van der Waals surface area (Å²) < 4.78 is 13.9. The summed E-state index contributed by atoms with van der Waals surface area (Å²) in [6, 6.07) is 3.77. The lowest BCUT2D eigenvalue weighted by molar-refractivity contribution is 0.0875. The van der Waals surface area contributed by atoms with Crippen LogP contribution in [0.3, 0.4) is 0 Å². The molecule has 0 aliphatic rings. The van der Waals surface area contributed by atoms with E-state index in [4.69, 9.17) is 9.15 Å². The smallest absolute Gasteiger partial charge is 0.129 e. The van der Waals surface area contributed by atoms with Crippen LogP contribution in [0.1, 0.15) is 31.0 Å². The van der Waals surface area contributed by atoms with E-state index >= 15 is 0 Å². The third-order valence-electron chi connectivity index (χ3n) is 2.76. The van der Waals surface area contributed by atoms with Gasteiger partial charge in [-0.05, 0) is 41.4 Å². The first-order chi connectivity index (χ1) is 8.76. The first kappa shape index (κ1) is 13.4. The van der Waals surface area contributed by atoms with Gasteiger partial charge in [0, 0.05) is 6.54 Å². The zero-order valence-electron chi connectivity index (χ0n) is 10.6. The normalized spacial score (nSPS) is 11.1. The summed E-state index contributed by atoms with van der Waals surface area (Å²) in [7, 11) is 0. The van der Waals surface area contributed by atoms with Crippen LogP contribution in [-0.4, -0.2) is 9.78 Å². The fourth-order valence-corrected chi connectivity index (χ4v) is 2.48. The number of hydrogen-bond donors (Lipinski definition) is 0. The van der Waals surface area contributed by atoms with Gasteiger partial charge in [0.25, 0.3) is 0 Å². The molecule has 0 saturated heterocycles. The maximum atomic E-state index is 5.66. The van der Waals surface area contributed by atoms with Gasteiger partial charge in [-0.3, -0.25) is 4.68 Å². The van der Waals surface area contributed by atoms with Gasteiger partial charge in [0.2, 0.25) is 0 Å². The van der Waals surface area contributed by atoms with Crippen molar-refractivity contribution in [2.24, 2.45) is 0 Å². The standard InChI is InChI=1S/C13H17BrN2O2/c1-3-11-13(14)12(16(4-2)15-11)9-17-8-10-6-5-7-18-10/h5-7H,3-4,8-9H2,1-2H3. The Labute approximate surface area is 115 Å². The van der Waals surface area contributed by atoms with Crippen molar-refractivity contribution in [1.82, 2.24) is 9.78 Å². The van der Waals surface area contributed by atoms with Crippen molar-refractivity contribution in [2.45, 2.75) is 40.0 Å². The van der Waals surface area contributed by atoms with Crippen LogP contribution in [0.2, 0.25) is 0 Å². The van der Waals surface area contributed by atoms with E-state index in [9.17, 15) is 0 Å². The van der Waals surface area contributed by atoms with Crippen LogP contribution < -0.4 is 0 Å². The SMILES string of the molecule is CCc1nn(CC)c(COCc2ccco2)c1Br. The van der Waals surface area contributed by atoms with Crippen molar-refractivity contribution in [2.75, 3.05) is 0 Å². The zero-order valence-corrected chi connectivity index (χ0v) is 12.2. The molecule has 98 valence electrons. The van der Waals surface area contributed by atoms with Gasteiger partial charge in [-0.15, -0.1) is 0 Å². The van der Waals surface area contributed by atoms with Crippen molar-refractivity contribution in [3.8, 4) is 0 Å². The number of hydrogen-bond acceptors (Lipinski definition) is 3. The number of aryl methyl sites for hydroxylation is 2. The Balaban J connectivity index is 2.01. The Morgan fingerprint density at radius 2 is 2.22 bits per heavy atom. The highest BCUT2D eigenvalue weighted by molar-refractivity contribution is 9.10. The van der Waals surface area contributed by atoms with Crippen LogP contribution in [0.5, 0.6) is 0 Å². The molecule has 0 aliphatic heterocycles. The molecule has 4 nitrogen and oxygen atoms in total. The molecular weight excluding hydrogens is 296 g/mol. The first-order valence-corrected chi connectivity index (χ1v) is 6.89. The summed E-state index contributed by atoms with van der Waals surface area (Å²) in [5.41, 5.74) is 2.16. The predicted molar refractivity (Wildman–Crippen MR) is 72.2 cm³/mol. The fraction of sp³-hybridized carbons (Fsp3) is 0.462. The Morgan fingerprint density at radius 1 is 1.39 bits per heavy atom. The van der Waals surface area contributed by atoms with E-state index < -0.39 is 0 Å². The Morgan fingerprint density at radius 3 is 2.83 bits per heavy atom. The lowest BCUT2D eigenvalue weighted by atomic mass is 10.3. The molecule has 0 saturated carbocycles. The van der Waals surface area contributed by atoms with Crippen molar-refractivity contribution in [1.29, 1.82) is 0 Å². The molecule has 0 amide bonds. The minimum Gasteiger partial charge on any atom is -0.467 e. The van der Waals surface area contributed by atoms with Gasteiger partial charge in [-0.2, -0.15) is 5.10 Å². The molecule has 2 aromatic heterocycles. The van der Waals surface area contributed by atoms with Crippen molar-refractivity contribution in [3.63, 3.8) is 0 Å². The lowest BCUT2D eigenvalue weighted by Crippen LogP contribution is -2.05. The second-order valence-corrected chi connectivity index (χ2v) is 4.74. The molecule has 2 rings (SSSR count). The largest absolute Gasteiger partial charge is 0.467 e. The number of halogens is 1. The Kier molecular flexibility index (Phi) is 4.60. The molecule has 5 heteroatoms. The Hall–Kier alpha value is -1.07. The average Bonchev–Trinajstić information content (AvgIpc) is 2.99. The molecular formula is C13H17BrN2O2. The molecule has 0 atom stereocenters. The molecule has 0 bridgehead atoms. The number of rotatable bonds is 6. The maximum Gasteiger partial charge on any atom is 0.129 e. The Bertz CT molecular complexity index is 491. The van der Waals surface area contributed by atoms with Gasteiger partial charge in [0.05, 0.1) is 28.7 Å². The summed E-state index contributed by atoms with van der Waals surface area (Å²) in [4.78, 5) is 0. The van der Waals surface area contributed by atoms with Gasteiger partial charge in [-0.25, -0.2) is 0 Å². The molecule has 0 unspecified atom stereocenters. The van der Waals surface area contributed by atoms with Crippen LogP contribution in [-0.2, 0) is 30.9 Å². The van der Waals surface area contributed by atoms with E-state index in [1.165, 1.54) is 0 Å². The van der Waals surface area contributed by atoms with E-state index in [1.807, 2.05) is 16.8 Å². The predicted octanol–water partition coefficient (Wildman–Crippen LogP) is 3.54. The summed E-state index contributed by atoms with van der Waals surface area (Å²) >= 11 is 3.60. The van der Waals surface area contributed by atoms with Crippen LogP contribution in [0.25, 0.3) is 0 Å². The van der Waals surface area contributed by atoms with Gasteiger partial charge < -0.3 is 9.15 Å². The van der Waals surface area contributed by atoms with Gasteiger partial charge in [0.15, 0.2) is 0 Å². The van der Waals surface area contributed by atoms with E-state index in [1.54, 1.807) is 6.26 Å². The summed E-state index contributed by atoms with van der Waals surface area (Å²) in [5, 5.41) is 4.53. The van der Waals surface area contributed by atoms with Crippen LogP contribution >= 0.6 is 15.9 Å². The van der Waals surface area contributed by atoms with Gasteiger partial charge >= 0.3 is 0 Å². The van der Waals surface area contributed by atoms with Crippen molar-refractivity contribution < 1.29 is 9.15 Å². The highest BCUT2D eigenvalue weighted by Crippen LogP contribution is 2.23. The minimum absolute atomic E-state index is 0.482. The third kappa shape index (κ3) is 2.84. The summed E-state index contributed by atoms with van der Waals surface area (Å²) in [6.45, 7) is 6.03. The van der Waals surface area contributed by atoms with Crippen molar-refractivity contribution >= 4 is 15.9 Å². The number of aromatic nitrogens is 2. The second-order valence-electron chi connectivity index (χ2n) is 3.95. The van der Waals surface area contributed by atoms with E-state index in [-0.39, 0.29) is 0 Å². The molecule has 0 aliphatic carbocycles. The zero-order chi connectivity index (χ0) is 13.0. The van der Waals surface area contributed by atoms with E-state index in [0.29, 0.717) is 13.2 Å². The topological polar surface area (TPSA) is 40.2 Å². The highest BCUT2D eigenvalue weighted by Gasteiger charge is 2.13. The fourth-order valence-electron chi connectivity index (χ4n) is 1.80. The van der Waals surface area contributed by atoms with Gasteiger partial charge in [-0.1, -0.05) is 6.92 Å². The molecule has 0 N–H and O–H groups in total. The minimum atomic E-state index is 0.482. The van der Waals surface area contributed by atoms with Crippen molar-refractivity contribution in [3.05, 3.63) is 40.0 Å². The molecule has 2 heterocycles. The average molecular weight is 313 g/mol. The lowest BCUT2D eigenvalue weighted by Gasteiger charge is -2.05. The molecule has 0 aromatic carbocycles. The van der Waals surface area contributed by atoms with Gasteiger partial charge in [0.1, 0.15) is 12.4 Å². The molecule has 0 radical (unpaired) electrons. The number of ether oxygens (including phenoxy) is 1. The molecule has 2 aromatic rings. The molecule has 18 heavy (non-hydrogen) atoms. The van der Waals surface area contributed by atoms with Crippen LogP contribution in [0.4, 0.5) is 0 Å². The highest BCUT2D eigenvalue weighted by atomic mass is 79.9. The van der Waals surface area contributed by atoms with Crippen LogP contribution in [0.15, 0.2) is 27.3 Å². The maximum absolute atomic E-state index is 5.66.